The number of pyridine rings is 1. The van der Waals surface area contributed by atoms with Crippen molar-refractivity contribution < 1.29 is 18.7 Å². The molecule has 6 heteroatoms. The van der Waals surface area contributed by atoms with Crippen LogP contribution in [0.25, 0.3) is 0 Å². The molecule has 2 atom stereocenters. The van der Waals surface area contributed by atoms with Crippen molar-refractivity contribution in [2.45, 2.75) is 51.7 Å². The molecule has 5 nitrogen and oxygen atoms in total. The van der Waals surface area contributed by atoms with Crippen LogP contribution in [0.4, 0.5) is 4.39 Å². The molecule has 2 saturated heterocycles. The highest BCUT2D eigenvalue weighted by Crippen LogP contribution is 2.40. The molecule has 0 N–H and O–H groups in total. The Kier molecular flexibility index (Phi) is 5.69. The molecule has 0 saturated carbocycles. The minimum absolute atomic E-state index is 0.0343. The predicted octanol–water partition coefficient (Wildman–Crippen LogP) is 2.59. The third kappa shape index (κ3) is 4.36. The number of carbonyl (C=O) groups excluding carboxylic acids is 1. The first-order valence-corrected chi connectivity index (χ1v) is 9.10. The van der Waals surface area contributed by atoms with Crippen molar-refractivity contribution in [3.05, 3.63) is 29.8 Å². The summed E-state index contributed by atoms with van der Waals surface area (Å²) in [6.07, 6.45) is 4.53. The number of carbonyl (C=O) groups is 1. The quantitative estimate of drug-likeness (QED) is 0.819. The van der Waals surface area contributed by atoms with Gasteiger partial charge in [0.2, 0.25) is 5.91 Å². The van der Waals surface area contributed by atoms with Gasteiger partial charge >= 0.3 is 0 Å². The normalized spacial score (nSPS) is 26.6. The Balaban J connectivity index is 1.68. The Hall–Kier alpha value is -1.53. The van der Waals surface area contributed by atoms with Gasteiger partial charge in [-0.05, 0) is 45.2 Å². The number of aromatic nitrogens is 1. The summed E-state index contributed by atoms with van der Waals surface area (Å²) in [4.78, 5) is 18.6. The summed E-state index contributed by atoms with van der Waals surface area (Å²) in [6, 6.07) is 2.91. The molecule has 2 fully saturated rings. The molecule has 138 valence electrons. The fraction of sp³-hybridized carbons (Fsp3) is 0.684. The number of amides is 1. The highest BCUT2D eigenvalue weighted by atomic mass is 19.1. The number of halogens is 1. The van der Waals surface area contributed by atoms with E-state index in [1.165, 1.54) is 6.07 Å². The van der Waals surface area contributed by atoms with Gasteiger partial charge in [0.15, 0.2) is 0 Å². The summed E-state index contributed by atoms with van der Waals surface area (Å²) in [7, 11) is 0. The molecule has 3 rings (SSSR count). The van der Waals surface area contributed by atoms with Crippen LogP contribution in [-0.4, -0.2) is 54.3 Å². The summed E-state index contributed by atoms with van der Waals surface area (Å²) in [5.74, 6) is -0.354. The van der Waals surface area contributed by atoms with E-state index in [2.05, 4.69) is 4.98 Å². The first kappa shape index (κ1) is 18.3. The van der Waals surface area contributed by atoms with Gasteiger partial charge in [0.1, 0.15) is 5.82 Å². The molecule has 1 aromatic heterocycles. The van der Waals surface area contributed by atoms with E-state index in [9.17, 15) is 9.18 Å². The first-order valence-electron chi connectivity index (χ1n) is 9.10. The van der Waals surface area contributed by atoms with E-state index in [4.69, 9.17) is 9.47 Å². The van der Waals surface area contributed by atoms with E-state index in [1.807, 2.05) is 18.7 Å². The molecule has 25 heavy (non-hydrogen) atoms. The summed E-state index contributed by atoms with van der Waals surface area (Å²) in [6.45, 7) is 6.82. The molecule has 1 amide bonds. The second-order valence-electron chi connectivity index (χ2n) is 7.43. The van der Waals surface area contributed by atoms with Gasteiger partial charge in [-0.15, -0.1) is 0 Å². The van der Waals surface area contributed by atoms with E-state index in [0.717, 1.165) is 32.1 Å². The predicted molar refractivity (Wildman–Crippen MR) is 91.6 cm³/mol. The van der Waals surface area contributed by atoms with Gasteiger partial charge in [-0.25, -0.2) is 4.39 Å². The Morgan fingerprint density at radius 3 is 3.08 bits per heavy atom. The van der Waals surface area contributed by atoms with Gasteiger partial charge in [0.05, 0.1) is 31.4 Å². The maximum atomic E-state index is 13.0. The number of rotatable bonds is 5. The number of likely N-dealkylation sites (tertiary alicyclic amines) is 1. The van der Waals surface area contributed by atoms with Gasteiger partial charge in [-0.2, -0.15) is 0 Å². The van der Waals surface area contributed by atoms with Crippen LogP contribution in [0.2, 0.25) is 0 Å². The molecule has 2 aliphatic heterocycles. The van der Waals surface area contributed by atoms with Gasteiger partial charge in [-0.3, -0.25) is 9.78 Å². The van der Waals surface area contributed by atoms with Gasteiger partial charge in [0, 0.05) is 30.8 Å². The van der Waals surface area contributed by atoms with Crippen LogP contribution < -0.4 is 0 Å². The van der Waals surface area contributed by atoms with E-state index < -0.39 is 0 Å². The molecule has 0 unspecified atom stereocenters. The minimum atomic E-state index is -0.388. The van der Waals surface area contributed by atoms with Gasteiger partial charge in [0.25, 0.3) is 0 Å². The summed E-state index contributed by atoms with van der Waals surface area (Å²) < 4.78 is 24.9. The van der Waals surface area contributed by atoms with Crippen molar-refractivity contribution in [2.24, 2.45) is 5.41 Å². The SMILES string of the molecule is CC(C)OC[C@@]12CCCO[C@@H]1CCN(C(=O)Cc1ccc(F)cn1)C2. The van der Waals surface area contributed by atoms with Crippen LogP contribution in [0, 0.1) is 11.2 Å². The number of hydrogen-bond acceptors (Lipinski definition) is 4. The maximum Gasteiger partial charge on any atom is 0.228 e. The molecule has 0 spiro atoms. The highest BCUT2D eigenvalue weighted by Gasteiger charge is 2.47. The average Bonchev–Trinajstić information content (AvgIpc) is 2.61. The molecular formula is C19H27FN2O3. The number of ether oxygens (including phenoxy) is 2. The maximum absolute atomic E-state index is 13.0. The molecule has 0 bridgehead atoms. The summed E-state index contributed by atoms with van der Waals surface area (Å²) in [5, 5.41) is 0. The van der Waals surface area contributed by atoms with E-state index >= 15 is 0 Å². The molecule has 1 aromatic rings. The van der Waals surface area contributed by atoms with Crippen molar-refractivity contribution in [1.29, 1.82) is 0 Å². The Morgan fingerprint density at radius 1 is 1.52 bits per heavy atom. The monoisotopic (exact) mass is 350 g/mol. The Bertz CT molecular complexity index is 593. The lowest BCUT2D eigenvalue weighted by Gasteiger charge is -2.50. The lowest BCUT2D eigenvalue weighted by molar-refractivity contribution is -0.168. The molecule has 0 radical (unpaired) electrons. The molecule has 0 aliphatic carbocycles. The van der Waals surface area contributed by atoms with Crippen LogP contribution in [-0.2, 0) is 20.7 Å². The lowest BCUT2D eigenvalue weighted by Crippen LogP contribution is -2.58. The fourth-order valence-corrected chi connectivity index (χ4v) is 3.82. The zero-order valence-electron chi connectivity index (χ0n) is 15.0. The van der Waals surface area contributed by atoms with Crippen molar-refractivity contribution in [3.8, 4) is 0 Å². The smallest absolute Gasteiger partial charge is 0.228 e. The second kappa shape index (κ2) is 7.79. The molecule has 0 aromatic carbocycles. The highest BCUT2D eigenvalue weighted by molar-refractivity contribution is 5.78. The summed E-state index contributed by atoms with van der Waals surface area (Å²) in [5.41, 5.74) is 0.480. The van der Waals surface area contributed by atoms with Gasteiger partial charge < -0.3 is 14.4 Å². The molecule has 3 heterocycles. The Labute approximate surface area is 148 Å². The minimum Gasteiger partial charge on any atom is -0.378 e. The number of fused-ring (bicyclic) bond motifs is 1. The zero-order chi connectivity index (χ0) is 17.9. The van der Waals surface area contributed by atoms with Crippen molar-refractivity contribution in [1.82, 2.24) is 9.88 Å². The number of nitrogens with zero attached hydrogens (tertiary/aromatic N) is 2. The largest absolute Gasteiger partial charge is 0.378 e. The standard InChI is InChI=1S/C19H27FN2O3/c1-14(2)25-13-19-7-3-9-24-17(19)6-8-22(12-19)18(23)10-16-5-4-15(20)11-21-16/h4-5,11,14,17H,3,6-10,12-13H2,1-2H3/t17-,19+/m1/s1. The Morgan fingerprint density at radius 2 is 2.36 bits per heavy atom. The van der Waals surface area contributed by atoms with Crippen LogP contribution in [0.15, 0.2) is 18.3 Å². The fourth-order valence-electron chi connectivity index (χ4n) is 3.82. The van der Waals surface area contributed by atoms with E-state index in [0.29, 0.717) is 25.4 Å². The van der Waals surface area contributed by atoms with Crippen LogP contribution in [0.5, 0.6) is 0 Å². The molecule has 2 aliphatic rings. The van der Waals surface area contributed by atoms with Crippen molar-refractivity contribution in [3.63, 3.8) is 0 Å². The lowest BCUT2D eigenvalue weighted by atomic mass is 9.73. The van der Waals surface area contributed by atoms with Crippen molar-refractivity contribution in [2.75, 3.05) is 26.3 Å². The molecular weight excluding hydrogens is 323 g/mol. The first-order chi connectivity index (χ1) is 12.0. The average molecular weight is 350 g/mol. The summed E-state index contributed by atoms with van der Waals surface area (Å²) >= 11 is 0. The van der Waals surface area contributed by atoms with Crippen LogP contribution in [0.1, 0.15) is 38.8 Å². The third-order valence-corrected chi connectivity index (χ3v) is 5.17. The van der Waals surface area contributed by atoms with Crippen LogP contribution in [0.3, 0.4) is 0 Å². The topological polar surface area (TPSA) is 51.7 Å². The van der Waals surface area contributed by atoms with Gasteiger partial charge in [-0.1, -0.05) is 0 Å². The zero-order valence-corrected chi connectivity index (χ0v) is 15.0. The van der Waals surface area contributed by atoms with Crippen molar-refractivity contribution >= 4 is 5.91 Å². The van der Waals surface area contributed by atoms with E-state index in [-0.39, 0.29) is 35.8 Å². The third-order valence-electron chi connectivity index (χ3n) is 5.17. The number of hydrogen-bond donors (Lipinski definition) is 0. The second-order valence-corrected chi connectivity index (χ2v) is 7.43. The van der Waals surface area contributed by atoms with Crippen LogP contribution >= 0.6 is 0 Å². The number of piperidine rings is 1. The van der Waals surface area contributed by atoms with E-state index in [1.54, 1.807) is 6.07 Å².